The third kappa shape index (κ3) is 31.9. The Morgan fingerprint density at radius 1 is 0.327 bits per heavy atom. The van der Waals surface area contributed by atoms with Crippen molar-refractivity contribution in [1.82, 2.24) is 0 Å². The number of Topliss-reactive ketones (excluding diaryl/α,β-unsaturated/α-hetero) is 1. The molecule has 0 aromatic rings. The van der Waals surface area contributed by atoms with E-state index in [0.29, 0.717) is 110 Å². The van der Waals surface area contributed by atoms with Gasteiger partial charge in [0.05, 0.1) is 0 Å². The Bertz CT molecular complexity index is 2200. The molecule has 617 valence electrons. The molecule has 4 fully saturated rings. The number of rotatable bonds is 28. The van der Waals surface area contributed by atoms with E-state index in [1.165, 1.54) is 31.7 Å². The molecule has 33 heteroatoms. The second-order valence-electron chi connectivity index (χ2n) is 33.4. The number of ketones is 1. The zero-order valence-electron chi connectivity index (χ0n) is 74.1. The van der Waals surface area contributed by atoms with Gasteiger partial charge in [-0.2, -0.15) is 7.85 Å². The number of aliphatic hydroxyl groups excluding tert-OH is 2. The zero-order valence-corrected chi connectivity index (χ0v) is 89.1. The minimum Gasteiger partial charge on any atom is -0.428 e. The van der Waals surface area contributed by atoms with Crippen LogP contribution in [0.4, 0.5) is 0 Å². The summed E-state index contributed by atoms with van der Waals surface area (Å²) in [5.41, 5.74) is 7.72. The molecule has 0 aliphatic carbocycles. The molecule has 4 rings (SSSR count). The molecule has 0 saturated carbocycles. The van der Waals surface area contributed by atoms with E-state index in [-0.39, 0.29) is 135 Å². The van der Waals surface area contributed by atoms with Gasteiger partial charge in [0.1, 0.15) is 0 Å². The van der Waals surface area contributed by atoms with Gasteiger partial charge in [0.25, 0.3) is 0 Å². The molecule has 4 heterocycles. The second-order valence-corrected chi connectivity index (χ2v) is 68.8. The van der Waals surface area contributed by atoms with Crippen molar-refractivity contribution < 1.29 is 160 Å². The monoisotopic (exact) mass is 1850 g/mol. The molecule has 0 amide bonds. The van der Waals surface area contributed by atoms with E-state index in [0.717, 1.165) is 23.0 Å². The fourth-order valence-corrected chi connectivity index (χ4v) is 58.7. The van der Waals surface area contributed by atoms with Gasteiger partial charge in [0, 0.05) is 0 Å². The van der Waals surface area contributed by atoms with E-state index >= 15 is 0 Å². The molecule has 15 radical (unpaired) electrons. The van der Waals surface area contributed by atoms with Crippen LogP contribution in [0.25, 0.3) is 0 Å². The van der Waals surface area contributed by atoms with Gasteiger partial charge in [-0.3, -0.25) is 57.4 Å². The van der Waals surface area contributed by atoms with E-state index in [4.69, 9.17) is 101 Å². The van der Waals surface area contributed by atoms with Crippen molar-refractivity contribution in [2.24, 2.45) is 0 Å². The fraction of sp³-hybridized carbons (Fsp3) is 0.753. The maximum Gasteiger partial charge on any atom is 2.00 e. The van der Waals surface area contributed by atoms with Gasteiger partial charge in [-0.05, 0) is 132 Å². The van der Waals surface area contributed by atoms with Crippen LogP contribution in [-0.2, 0) is 149 Å². The minimum atomic E-state index is -2.71. The van der Waals surface area contributed by atoms with Gasteiger partial charge in [-0.25, -0.2) is 48.6 Å². The Morgan fingerprint density at radius 2 is 0.500 bits per heavy atom. The van der Waals surface area contributed by atoms with Crippen molar-refractivity contribution in [3.8, 4) is 0 Å². The van der Waals surface area contributed by atoms with Crippen molar-refractivity contribution >= 4 is 114 Å². The van der Waals surface area contributed by atoms with Crippen LogP contribution in [0.15, 0.2) is 48.6 Å². The van der Waals surface area contributed by atoms with Gasteiger partial charge < -0.3 is 73.2 Å². The van der Waals surface area contributed by atoms with Crippen LogP contribution in [0.2, 0.25) is 88.7 Å². The van der Waals surface area contributed by atoms with Crippen LogP contribution in [0.5, 0.6) is 0 Å². The largest absolute Gasteiger partial charge is 2.00 e. The van der Waals surface area contributed by atoms with E-state index in [9.17, 15) is 4.79 Å². The molecular weight excluding hydrogens is 1700 g/mol. The van der Waals surface area contributed by atoms with Crippen LogP contribution >= 0.6 is 0 Å². The number of hydrogen-bond acceptors (Lipinski definition) is 15. The summed E-state index contributed by atoms with van der Waals surface area (Å²) in [6, 6.07) is 0. The maximum atomic E-state index is 12.2. The fourth-order valence-electron chi connectivity index (χ4n) is 14.5. The van der Waals surface area contributed by atoms with Gasteiger partial charge in [-0.15, -0.1) is 0 Å². The Balaban J connectivity index is -0.000000311. The average Bonchev–Trinajstić information content (AvgIpc) is 0.780. The second kappa shape index (κ2) is 56.2. The molecule has 4 aliphatic heterocycles. The van der Waals surface area contributed by atoms with Crippen molar-refractivity contribution in [3.05, 3.63) is 112 Å². The Labute approximate surface area is 752 Å². The Morgan fingerprint density at radius 3 is 0.645 bits per heavy atom. The molecule has 0 unspecified atom stereocenters. The predicted molar refractivity (Wildman–Crippen MR) is 462 cm³/mol. The van der Waals surface area contributed by atoms with E-state index in [1.54, 1.807) is 0 Å². The minimum absolute atomic E-state index is 0. The first kappa shape index (κ1) is 123. The molecule has 110 heavy (non-hydrogen) atoms. The van der Waals surface area contributed by atoms with Crippen molar-refractivity contribution in [2.75, 3.05) is 33.0 Å². The van der Waals surface area contributed by atoms with Gasteiger partial charge in [0.15, 0.2) is 0 Å². The third-order valence-electron chi connectivity index (χ3n) is 21.0. The molecule has 2 N–H and O–H groups in total. The summed E-state index contributed by atoms with van der Waals surface area (Å²) in [5, 5.41) is 17.2. The normalized spacial score (nSPS) is 22.2. The summed E-state index contributed by atoms with van der Waals surface area (Å²) in [7, 11) is 7.43. The topological polar surface area (TPSA) is 168 Å². The molecule has 4 saturated heterocycles. The molecule has 5 atom stereocenters. The van der Waals surface area contributed by atoms with Crippen LogP contribution < -0.4 is 0 Å². The van der Waals surface area contributed by atoms with E-state index < -0.39 is 80.7 Å². The summed E-state index contributed by atoms with van der Waals surface area (Å²) in [6.45, 7) is 87.6. The molecule has 0 aromatic heterocycles. The van der Waals surface area contributed by atoms with E-state index in [2.05, 4.69) is 267 Å². The summed E-state index contributed by atoms with van der Waals surface area (Å²) in [4.78, 5) is 12.2. The number of carbonyl (C=O) groups is 1. The first-order chi connectivity index (χ1) is 48.3. The third-order valence-corrected chi connectivity index (χ3v) is 61.9. The maximum absolute atomic E-state index is 12.2. The van der Waals surface area contributed by atoms with Crippen LogP contribution in [0.1, 0.15) is 222 Å². The first-order valence-corrected chi connectivity index (χ1v) is 54.7. The predicted octanol–water partition coefficient (Wildman–Crippen LogP) is 18.6. The standard InChI is InChI=1S/3C18H35BO3Si2.C17H33BO4Si2.C6H9BO2.5V/c3*1-13(2)23(14(3)4)20-11-10-18(17(9)12-19)21-24(22-23,15(5)6)16(7)8;1-12(2)23(13(3)4)20-10-9-17(16(19)11-18)21-24(22-23,14(5)6)15(7)8;1-5(4-7)6(9)2-3-8;;;;;/h3*10,12-16,18H,9,11H2,1-8H3;9,11-15,17H,10H2,1-8H3;2,4,6,8-9H,1,3H2;;;;;/q5*-2;5*+2/t3*18-;17-;6-;;;;;/m00000...../s1. The average molecular weight is 1850 g/mol. The summed E-state index contributed by atoms with van der Waals surface area (Å²) < 4.78 is 80.6. The summed E-state index contributed by atoms with van der Waals surface area (Å²) in [5.74, 6) is -0.233. The molecule has 4 aliphatic rings. The van der Waals surface area contributed by atoms with Crippen LogP contribution in [-0.4, -0.2) is 187 Å². The van der Waals surface area contributed by atoms with Crippen molar-refractivity contribution in [2.45, 2.75) is 341 Å². The zero-order chi connectivity index (χ0) is 82.1. The first-order valence-electron chi connectivity index (χ1n) is 38.9. The van der Waals surface area contributed by atoms with Gasteiger partial charge >= 0.3 is 161 Å². The van der Waals surface area contributed by atoms with Crippen molar-refractivity contribution in [3.63, 3.8) is 0 Å². The summed E-state index contributed by atoms with van der Waals surface area (Å²) in [6.07, 6.45) is 13.9. The quantitative estimate of drug-likeness (QED) is 0.0560. The SMILES string of the molecule is [B][CH-]C(=C)[C@@H](O)[CH-]CO.[B][CH-]C(=C)[C@@H]1[CH-]CO[Si](C(C)C)(C(C)C)O[Si](C(C)C)(C(C)C)O1.[B][CH-]C(=C)[C@@H]1[CH-]CO[Si](C(C)C)(C(C)C)O[Si](C(C)C)(C(C)C)O1.[B][CH-]C(=C)[C@@H]1[CH-]CO[Si](C(C)C)(C(C)C)O[Si](C(C)C)(C(C)C)O1.[B][CH-]C(=O)[C@@H]1[CH-]CO[Si](C(C)C)(C(C)C)O[Si](C(C)C)(C(C)C)O1.[V+2].[V+2].[V+2].[V+2].[V+2]. The molecule has 0 spiro atoms. The van der Waals surface area contributed by atoms with Crippen molar-refractivity contribution in [1.29, 1.82) is 0 Å². The Kier molecular flexibility index (Phi) is 63.0. The number of aliphatic hydroxyl groups is 2. The van der Waals surface area contributed by atoms with Crippen LogP contribution in [0.3, 0.4) is 0 Å². The van der Waals surface area contributed by atoms with Gasteiger partial charge in [0.2, 0.25) is 0 Å². The smallest absolute Gasteiger partial charge is 0.428 e. The Hall–Kier alpha value is 2.40. The molecule has 0 aromatic carbocycles. The number of carbonyl (C=O) groups excluding carboxylic acids is 1. The number of hydrogen-bond donors (Lipinski definition) is 2. The molecule has 0 bridgehead atoms. The molecule has 15 nitrogen and oxygen atoms in total. The van der Waals surface area contributed by atoms with E-state index in [1.807, 2.05) is 6.42 Å². The van der Waals surface area contributed by atoms with Gasteiger partial charge in [-0.1, -0.05) is 279 Å². The summed E-state index contributed by atoms with van der Waals surface area (Å²) >= 11 is 0. The molecular formula is C77H147B5O15Si8V5. The van der Waals surface area contributed by atoms with Crippen LogP contribution in [0, 0.1) is 63.7 Å².